The molecule has 32 heavy (non-hydrogen) atoms. The summed E-state index contributed by atoms with van der Waals surface area (Å²) in [6, 6.07) is 6.61. The Kier molecular flexibility index (Phi) is 8.46. The Balaban J connectivity index is 0.00000289. The Morgan fingerprint density at radius 1 is 1.19 bits per heavy atom. The average molecular weight is 562 g/mol. The van der Waals surface area contributed by atoms with Gasteiger partial charge >= 0.3 is 0 Å². The SMILES string of the molecule is CN=C(NCCc1cc(F)cc2c1OCOC2)NC1CCN(c2ccc(F)cc2F)C1.I. The van der Waals surface area contributed by atoms with Gasteiger partial charge < -0.3 is 25.0 Å². The van der Waals surface area contributed by atoms with E-state index in [2.05, 4.69) is 15.6 Å². The fourth-order valence-electron chi connectivity index (χ4n) is 3.98. The van der Waals surface area contributed by atoms with Gasteiger partial charge in [0.1, 0.15) is 23.2 Å². The molecule has 2 heterocycles. The Labute approximate surface area is 202 Å². The molecular formula is C22H26F3IN4O2. The van der Waals surface area contributed by atoms with E-state index in [9.17, 15) is 13.2 Å². The molecule has 1 saturated heterocycles. The van der Waals surface area contributed by atoms with Crippen molar-refractivity contribution >= 4 is 35.6 Å². The van der Waals surface area contributed by atoms with E-state index in [1.54, 1.807) is 7.05 Å². The third-order valence-electron chi connectivity index (χ3n) is 5.44. The highest BCUT2D eigenvalue weighted by Crippen LogP contribution is 2.29. The minimum absolute atomic E-state index is 0. The first kappa shape index (κ1) is 24.4. The van der Waals surface area contributed by atoms with Gasteiger partial charge in [-0.2, -0.15) is 0 Å². The number of rotatable bonds is 5. The minimum atomic E-state index is -0.586. The van der Waals surface area contributed by atoms with Crippen LogP contribution in [0.15, 0.2) is 35.3 Å². The van der Waals surface area contributed by atoms with Crippen LogP contribution in [-0.4, -0.2) is 45.5 Å². The maximum absolute atomic E-state index is 14.1. The van der Waals surface area contributed by atoms with Crippen molar-refractivity contribution in [3.8, 4) is 5.75 Å². The van der Waals surface area contributed by atoms with Crippen LogP contribution in [0, 0.1) is 17.5 Å². The Hall–Kier alpha value is -2.21. The number of guanidine groups is 1. The lowest BCUT2D eigenvalue weighted by Gasteiger charge is -2.22. The maximum atomic E-state index is 14.1. The van der Waals surface area contributed by atoms with Gasteiger partial charge in [0.2, 0.25) is 0 Å². The summed E-state index contributed by atoms with van der Waals surface area (Å²) in [5.41, 5.74) is 1.89. The highest BCUT2D eigenvalue weighted by Gasteiger charge is 2.25. The van der Waals surface area contributed by atoms with E-state index < -0.39 is 11.6 Å². The van der Waals surface area contributed by atoms with E-state index in [1.165, 1.54) is 24.3 Å². The molecular weight excluding hydrogens is 536 g/mol. The first-order chi connectivity index (χ1) is 15.0. The summed E-state index contributed by atoms with van der Waals surface area (Å²) < 4.78 is 51.9. The molecule has 0 aliphatic carbocycles. The van der Waals surface area contributed by atoms with Crippen LogP contribution in [-0.2, 0) is 17.8 Å². The lowest BCUT2D eigenvalue weighted by molar-refractivity contribution is -0.0172. The van der Waals surface area contributed by atoms with Crippen LogP contribution >= 0.6 is 24.0 Å². The zero-order valence-corrected chi connectivity index (χ0v) is 20.0. The molecule has 4 rings (SSSR count). The summed E-state index contributed by atoms with van der Waals surface area (Å²) in [6.45, 7) is 2.27. The van der Waals surface area contributed by atoms with Crippen molar-refractivity contribution < 1.29 is 22.6 Å². The third-order valence-corrected chi connectivity index (χ3v) is 5.44. The van der Waals surface area contributed by atoms with Gasteiger partial charge in [0.05, 0.1) is 12.3 Å². The quantitative estimate of drug-likeness (QED) is 0.332. The van der Waals surface area contributed by atoms with Crippen molar-refractivity contribution in [3.63, 3.8) is 0 Å². The van der Waals surface area contributed by atoms with Gasteiger partial charge in [0.15, 0.2) is 12.8 Å². The summed E-state index contributed by atoms with van der Waals surface area (Å²) in [4.78, 5) is 6.13. The topological polar surface area (TPSA) is 58.1 Å². The lowest BCUT2D eigenvalue weighted by atomic mass is 10.1. The Bertz CT molecular complexity index is 976. The molecule has 1 atom stereocenters. The van der Waals surface area contributed by atoms with Crippen LogP contribution in [0.25, 0.3) is 0 Å². The van der Waals surface area contributed by atoms with Gasteiger partial charge in [-0.25, -0.2) is 13.2 Å². The molecule has 2 aromatic rings. The van der Waals surface area contributed by atoms with Crippen molar-refractivity contribution in [3.05, 3.63) is 58.9 Å². The molecule has 2 aliphatic heterocycles. The first-order valence-corrected chi connectivity index (χ1v) is 10.2. The molecule has 1 fully saturated rings. The number of hydrogen-bond donors (Lipinski definition) is 2. The molecule has 0 bridgehead atoms. The van der Waals surface area contributed by atoms with Crippen molar-refractivity contribution in [1.29, 1.82) is 0 Å². The highest BCUT2D eigenvalue weighted by molar-refractivity contribution is 14.0. The molecule has 6 nitrogen and oxygen atoms in total. The van der Waals surface area contributed by atoms with Gasteiger partial charge in [-0.3, -0.25) is 4.99 Å². The summed E-state index contributed by atoms with van der Waals surface area (Å²) in [5.74, 6) is -0.165. The fraction of sp³-hybridized carbons (Fsp3) is 0.409. The van der Waals surface area contributed by atoms with Gasteiger partial charge in [-0.05, 0) is 42.7 Å². The van der Waals surface area contributed by atoms with Gasteiger partial charge in [0, 0.05) is 44.4 Å². The van der Waals surface area contributed by atoms with E-state index in [0.29, 0.717) is 55.6 Å². The van der Waals surface area contributed by atoms with Gasteiger partial charge in [-0.15, -0.1) is 24.0 Å². The molecule has 0 spiro atoms. The average Bonchev–Trinajstić information content (AvgIpc) is 3.21. The van der Waals surface area contributed by atoms with Crippen LogP contribution in [0.3, 0.4) is 0 Å². The molecule has 0 saturated carbocycles. The first-order valence-electron chi connectivity index (χ1n) is 10.2. The van der Waals surface area contributed by atoms with E-state index in [-0.39, 0.29) is 42.6 Å². The fourth-order valence-corrected chi connectivity index (χ4v) is 3.98. The normalized spacial score (nSPS) is 17.9. The summed E-state index contributed by atoms with van der Waals surface area (Å²) in [5, 5.41) is 6.56. The molecule has 2 aliphatic rings. The number of halogens is 4. The van der Waals surface area contributed by atoms with Crippen molar-refractivity contribution in [2.45, 2.75) is 25.5 Å². The summed E-state index contributed by atoms with van der Waals surface area (Å²) >= 11 is 0. The van der Waals surface area contributed by atoms with Crippen LogP contribution < -0.4 is 20.3 Å². The van der Waals surface area contributed by atoms with Crippen molar-refractivity contribution in [2.24, 2.45) is 4.99 Å². The maximum Gasteiger partial charge on any atom is 0.191 e. The number of fused-ring (bicyclic) bond motifs is 1. The lowest BCUT2D eigenvalue weighted by Crippen LogP contribution is -2.45. The highest BCUT2D eigenvalue weighted by atomic mass is 127. The number of anilines is 1. The number of ether oxygens (including phenoxy) is 2. The largest absolute Gasteiger partial charge is 0.467 e. The molecule has 0 radical (unpaired) electrons. The number of aliphatic imine (C=N–C) groups is 1. The van der Waals surface area contributed by atoms with E-state index in [1.807, 2.05) is 4.90 Å². The molecule has 0 aromatic heterocycles. The zero-order chi connectivity index (χ0) is 21.8. The number of nitrogens with zero attached hydrogens (tertiary/aromatic N) is 2. The standard InChI is InChI=1S/C22H25F3N4O2.HI/c1-26-22(27-6-4-14-8-17(24)9-15-12-30-13-31-21(14)15)28-18-5-7-29(11-18)20-3-2-16(23)10-19(20)25;/h2-3,8-10,18H,4-7,11-13H2,1H3,(H2,26,27,28);1H. The molecule has 2 aromatic carbocycles. The van der Waals surface area contributed by atoms with Gasteiger partial charge in [0.25, 0.3) is 0 Å². The number of hydrogen-bond acceptors (Lipinski definition) is 4. The van der Waals surface area contributed by atoms with Crippen LogP contribution in [0.5, 0.6) is 5.75 Å². The van der Waals surface area contributed by atoms with E-state index in [0.717, 1.165) is 18.1 Å². The molecule has 174 valence electrons. The second-order valence-electron chi connectivity index (χ2n) is 7.58. The van der Waals surface area contributed by atoms with Crippen molar-refractivity contribution in [1.82, 2.24) is 10.6 Å². The predicted octanol–water partition coefficient (Wildman–Crippen LogP) is 3.57. The smallest absolute Gasteiger partial charge is 0.191 e. The third kappa shape index (κ3) is 5.77. The number of nitrogens with one attached hydrogen (secondary N) is 2. The number of benzene rings is 2. The second-order valence-corrected chi connectivity index (χ2v) is 7.58. The molecule has 2 N–H and O–H groups in total. The Morgan fingerprint density at radius 3 is 2.81 bits per heavy atom. The van der Waals surface area contributed by atoms with Gasteiger partial charge in [-0.1, -0.05) is 0 Å². The molecule has 0 amide bonds. The predicted molar refractivity (Wildman–Crippen MR) is 127 cm³/mol. The monoisotopic (exact) mass is 562 g/mol. The van der Waals surface area contributed by atoms with E-state index in [4.69, 9.17) is 9.47 Å². The van der Waals surface area contributed by atoms with Crippen LogP contribution in [0.4, 0.5) is 18.9 Å². The molecule has 10 heteroatoms. The van der Waals surface area contributed by atoms with E-state index >= 15 is 0 Å². The summed E-state index contributed by atoms with van der Waals surface area (Å²) in [6.07, 6.45) is 1.35. The van der Waals surface area contributed by atoms with Crippen LogP contribution in [0.2, 0.25) is 0 Å². The Morgan fingerprint density at radius 2 is 2.03 bits per heavy atom. The molecule has 1 unspecified atom stereocenters. The zero-order valence-electron chi connectivity index (χ0n) is 17.7. The van der Waals surface area contributed by atoms with Crippen LogP contribution in [0.1, 0.15) is 17.5 Å². The second kappa shape index (κ2) is 11.1. The summed E-state index contributed by atoms with van der Waals surface area (Å²) in [7, 11) is 1.67. The minimum Gasteiger partial charge on any atom is -0.467 e. The van der Waals surface area contributed by atoms with Crippen molar-refractivity contribution in [2.75, 3.05) is 38.4 Å².